The fourth-order valence-electron chi connectivity index (χ4n) is 1.62. The normalized spacial score (nSPS) is 12.7. The van der Waals surface area contributed by atoms with Crippen LogP contribution in [0.25, 0.3) is 0 Å². The second-order valence-electron chi connectivity index (χ2n) is 4.45. The molecule has 0 saturated heterocycles. The largest absolute Gasteiger partial charge is 0.355 e. The predicted octanol–water partition coefficient (Wildman–Crippen LogP) is 0.349. The van der Waals surface area contributed by atoms with Crippen LogP contribution in [0.3, 0.4) is 0 Å². The third-order valence-corrected chi connectivity index (χ3v) is 2.47. The molecule has 0 bridgehead atoms. The SMILES string of the molecule is CC(C)CC(CN)C(=O)NCCc1ncon1. The van der Waals surface area contributed by atoms with Gasteiger partial charge in [0.2, 0.25) is 12.3 Å². The molecule has 1 amide bonds. The lowest BCUT2D eigenvalue weighted by Gasteiger charge is -2.16. The number of amides is 1. The molecule has 3 N–H and O–H groups in total. The molecule has 0 aliphatic rings. The average Bonchev–Trinajstić information content (AvgIpc) is 2.78. The second kappa shape index (κ2) is 7.01. The lowest BCUT2D eigenvalue weighted by Crippen LogP contribution is -2.36. The fourth-order valence-corrected chi connectivity index (χ4v) is 1.62. The van der Waals surface area contributed by atoms with E-state index >= 15 is 0 Å². The smallest absolute Gasteiger partial charge is 0.224 e. The average molecular weight is 240 g/mol. The van der Waals surface area contributed by atoms with Crippen molar-refractivity contribution in [2.24, 2.45) is 17.6 Å². The maximum Gasteiger partial charge on any atom is 0.224 e. The first-order valence-corrected chi connectivity index (χ1v) is 5.86. The Bertz CT molecular complexity index is 324. The zero-order valence-electron chi connectivity index (χ0n) is 10.3. The van der Waals surface area contributed by atoms with Crippen molar-refractivity contribution in [2.75, 3.05) is 13.1 Å². The molecule has 6 heteroatoms. The van der Waals surface area contributed by atoms with Crippen LogP contribution in [-0.2, 0) is 11.2 Å². The molecule has 0 radical (unpaired) electrons. The van der Waals surface area contributed by atoms with E-state index in [0.29, 0.717) is 31.3 Å². The molecule has 0 spiro atoms. The highest BCUT2D eigenvalue weighted by molar-refractivity contribution is 5.78. The van der Waals surface area contributed by atoms with E-state index in [9.17, 15) is 4.79 Å². The number of aromatic nitrogens is 2. The third kappa shape index (κ3) is 4.95. The van der Waals surface area contributed by atoms with Gasteiger partial charge >= 0.3 is 0 Å². The van der Waals surface area contributed by atoms with Crippen molar-refractivity contribution in [3.05, 3.63) is 12.2 Å². The van der Waals surface area contributed by atoms with Gasteiger partial charge in [-0.05, 0) is 12.3 Å². The maximum atomic E-state index is 11.8. The molecular weight excluding hydrogens is 220 g/mol. The number of nitrogens with zero attached hydrogens (tertiary/aromatic N) is 2. The molecule has 0 saturated carbocycles. The number of carbonyl (C=O) groups excluding carboxylic acids is 1. The van der Waals surface area contributed by atoms with E-state index in [0.717, 1.165) is 6.42 Å². The summed E-state index contributed by atoms with van der Waals surface area (Å²) >= 11 is 0. The molecule has 1 aromatic rings. The van der Waals surface area contributed by atoms with E-state index in [2.05, 4.69) is 33.8 Å². The summed E-state index contributed by atoms with van der Waals surface area (Å²) in [5.74, 6) is 0.954. The minimum atomic E-state index is -0.111. The van der Waals surface area contributed by atoms with Gasteiger partial charge in [-0.25, -0.2) is 0 Å². The molecule has 0 aromatic carbocycles. The summed E-state index contributed by atoms with van der Waals surface area (Å²) in [5, 5.41) is 6.50. The lowest BCUT2D eigenvalue weighted by atomic mass is 9.96. The highest BCUT2D eigenvalue weighted by Gasteiger charge is 2.17. The summed E-state index contributed by atoms with van der Waals surface area (Å²) in [4.78, 5) is 15.7. The van der Waals surface area contributed by atoms with Crippen molar-refractivity contribution >= 4 is 5.91 Å². The summed E-state index contributed by atoms with van der Waals surface area (Å²) < 4.78 is 4.60. The van der Waals surface area contributed by atoms with Crippen molar-refractivity contribution in [3.63, 3.8) is 0 Å². The minimum absolute atomic E-state index is 0.00435. The zero-order valence-corrected chi connectivity index (χ0v) is 10.3. The summed E-state index contributed by atoms with van der Waals surface area (Å²) in [6.07, 6.45) is 2.66. The van der Waals surface area contributed by atoms with Crippen molar-refractivity contribution in [3.8, 4) is 0 Å². The Balaban J connectivity index is 2.27. The first-order chi connectivity index (χ1) is 8.13. The van der Waals surface area contributed by atoms with Gasteiger partial charge in [0.05, 0.1) is 5.92 Å². The highest BCUT2D eigenvalue weighted by atomic mass is 16.5. The number of hydrogen-bond donors (Lipinski definition) is 2. The number of nitrogens with two attached hydrogens (primary N) is 1. The van der Waals surface area contributed by atoms with Gasteiger partial charge in [-0.15, -0.1) is 0 Å². The zero-order chi connectivity index (χ0) is 12.7. The fraction of sp³-hybridized carbons (Fsp3) is 0.727. The topological polar surface area (TPSA) is 94.0 Å². The van der Waals surface area contributed by atoms with E-state index in [-0.39, 0.29) is 11.8 Å². The molecule has 96 valence electrons. The number of rotatable bonds is 7. The quantitative estimate of drug-likeness (QED) is 0.717. The molecule has 1 rings (SSSR count). The molecule has 0 fully saturated rings. The second-order valence-corrected chi connectivity index (χ2v) is 4.45. The van der Waals surface area contributed by atoms with Crippen molar-refractivity contribution in [1.29, 1.82) is 0 Å². The molecule has 1 aromatic heterocycles. The first kappa shape index (κ1) is 13.6. The van der Waals surface area contributed by atoms with Crippen LogP contribution in [0.5, 0.6) is 0 Å². The molecule has 0 aliphatic heterocycles. The monoisotopic (exact) mass is 240 g/mol. The van der Waals surface area contributed by atoms with E-state index in [4.69, 9.17) is 5.73 Å². The predicted molar refractivity (Wildman–Crippen MR) is 63.0 cm³/mol. The van der Waals surface area contributed by atoms with Crippen LogP contribution < -0.4 is 11.1 Å². The maximum absolute atomic E-state index is 11.8. The van der Waals surface area contributed by atoms with Gasteiger partial charge in [0.1, 0.15) is 0 Å². The first-order valence-electron chi connectivity index (χ1n) is 5.86. The molecular formula is C11H20N4O2. The van der Waals surface area contributed by atoms with Gasteiger partial charge in [0, 0.05) is 19.5 Å². The van der Waals surface area contributed by atoms with Gasteiger partial charge in [-0.2, -0.15) is 4.98 Å². The van der Waals surface area contributed by atoms with Gasteiger partial charge in [-0.3, -0.25) is 4.79 Å². The van der Waals surface area contributed by atoms with Crippen LogP contribution in [0, 0.1) is 11.8 Å². The van der Waals surface area contributed by atoms with Gasteiger partial charge in [0.15, 0.2) is 5.82 Å². The summed E-state index contributed by atoms with van der Waals surface area (Å²) in [6, 6.07) is 0. The van der Waals surface area contributed by atoms with Crippen LogP contribution >= 0.6 is 0 Å². The Labute approximate surface area is 101 Å². The molecule has 17 heavy (non-hydrogen) atoms. The molecule has 1 atom stereocenters. The third-order valence-electron chi connectivity index (χ3n) is 2.47. The van der Waals surface area contributed by atoms with Gasteiger partial charge in [0.25, 0.3) is 0 Å². The van der Waals surface area contributed by atoms with Crippen LogP contribution in [0.1, 0.15) is 26.1 Å². The Morgan fingerprint density at radius 3 is 2.88 bits per heavy atom. The van der Waals surface area contributed by atoms with Crippen LogP contribution in [0.15, 0.2) is 10.9 Å². The summed E-state index contributed by atoms with van der Waals surface area (Å²) in [5.41, 5.74) is 5.59. The lowest BCUT2D eigenvalue weighted by molar-refractivity contribution is -0.125. The minimum Gasteiger partial charge on any atom is -0.355 e. The Hall–Kier alpha value is -1.43. The van der Waals surface area contributed by atoms with E-state index in [1.165, 1.54) is 6.39 Å². The molecule has 6 nitrogen and oxygen atoms in total. The van der Waals surface area contributed by atoms with Crippen LogP contribution in [-0.4, -0.2) is 29.1 Å². The Morgan fingerprint density at radius 1 is 1.59 bits per heavy atom. The van der Waals surface area contributed by atoms with Crippen LogP contribution in [0.4, 0.5) is 0 Å². The standard InChI is InChI=1S/C11H20N4O2/c1-8(2)5-9(6-12)11(16)13-4-3-10-14-7-17-15-10/h7-9H,3-6,12H2,1-2H3,(H,13,16). The summed E-state index contributed by atoms with van der Waals surface area (Å²) in [6.45, 7) is 5.05. The van der Waals surface area contributed by atoms with Crippen LogP contribution in [0.2, 0.25) is 0 Å². The Morgan fingerprint density at radius 2 is 2.35 bits per heavy atom. The number of hydrogen-bond acceptors (Lipinski definition) is 5. The summed E-state index contributed by atoms with van der Waals surface area (Å²) in [7, 11) is 0. The molecule has 1 unspecified atom stereocenters. The Kier molecular flexibility index (Phi) is 5.62. The van der Waals surface area contributed by atoms with Crippen molar-refractivity contribution < 1.29 is 9.32 Å². The van der Waals surface area contributed by atoms with E-state index < -0.39 is 0 Å². The van der Waals surface area contributed by atoms with Gasteiger partial charge in [-0.1, -0.05) is 19.0 Å². The van der Waals surface area contributed by atoms with E-state index in [1.54, 1.807) is 0 Å². The van der Waals surface area contributed by atoms with Gasteiger partial charge < -0.3 is 15.6 Å². The number of nitrogens with one attached hydrogen (secondary N) is 1. The number of carbonyl (C=O) groups is 1. The molecule has 0 aliphatic carbocycles. The van der Waals surface area contributed by atoms with E-state index in [1.807, 2.05) is 0 Å². The highest BCUT2D eigenvalue weighted by Crippen LogP contribution is 2.10. The van der Waals surface area contributed by atoms with Crippen molar-refractivity contribution in [2.45, 2.75) is 26.7 Å². The molecule has 1 heterocycles. The van der Waals surface area contributed by atoms with Crippen molar-refractivity contribution in [1.82, 2.24) is 15.5 Å².